The third kappa shape index (κ3) is 4.82. The van der Waals surface area contributed by atoms with Crippen LogP contribution in [0.15, 0.2) is 28.9 Å². The van der Waals surface area contributed by atoms with E-state index in [4.69, 9.17) is 4.42 Å². The van der Waals surface area contributed by atoms with Crippen LogP contribution in [-0.4, -0.2) is 39.4 Å². The number of aromatic nitrogens is 2. The van der Waals surface area contributed by atoms with Crippen LogP contribution < -0.4 is 16.0 Å². The number of anilines is 2. The number of fused-ring (bicyclic) bond motifs is 1. The average molecular weight is 471 g/mol. The summed E-state index contributed by atoms with van der Waals surface area (Å²) >= 11 is 0. The highest BCUT2D eigenvalue weighted by atomic mass is 19.4. The van der Waals surface area contributed by atoms with Crippen LogP contribution in [0.4, 0.5) is 38.4 Å². The van der Waals surface area contributed by atoms with Crippen LogP contribution >= 0.6 is 0 Å². The number of carbonyl (C=O) groups is 1. The summed E-state index contributed by atoms with van der Waals surface area (Å²) < 4.78 is 73.6. The molecule has 1 aromatic carbocycles. The number of rotatable bonds is 5. The maximum absolute atomic E-state index is 14.0. The summed E-state index contributed by atoms with van der Waals surface area (Å²) in [5.41, 5.74) is -0.691. The number of urea groups is 1. The molecule has 2 aromatic heterocycles. The molecule has 13 heteroatoms. The van der Waals surface area contributed by atoms with Crippen molar-refractivity contribution in [1.29, 1.82) is 0 Å². The maximum Gasteiger partial charge on any atom is 0.416 e. The first-order valence-corrected chi connectivity index (χ1v) is 9.80. The molecule has 3 aromatic rings. The molecule has 1 aliphatic rings. The lowest BCUT2D eigenvalue weighted by Gasteiger charge is -2.31. The minimum Gasteiger partial charge on any atom is -0.455 e. The molecule has 1 atom stereocenters. The standard InChI is InChI=1S/C20H18F5N5O3/c1-8-13-2-9(21)3-14(22)16(13)33-15(8)17(20(23,24)25)30-19(32)29-11-6-26-18(27-7-11)28-10-4-12(31)5-10/h2-3,6-7,10,12,17,31H,4-5H2,1H3,(H,26,27,28)(H2,29,30,32)/t10?,12?,17-/m0/s1. The Bertz CT molecular complexity index is 1180. The maximum atomic E-state index is 14.0. The second kappa shape index (κ2) is 8.46. The van der Waals surface area contributed by atoms with Crippen LogP contribution in [0.25, 0.3) is 11.0 Å². The molecule has 4 rings (SSSR count). The molecular weight excluding hydrogens is 453 g/mol. The van der Waals surface area contributed by atoms with E-state index in [-0.39, 0.29) is 34.7 Å². The van der Waals surface area contributed by atoms with Crippen LogP contribution in [-0.2, 0) is 0 Å². The number of hydrogen-bond donors (Lipinski definition) is 4. The zero-order valence-electron chi connectivity index (χ0n) is 17.0. The summed E-state index contributed by atoms with van der Waals surface area (Å²) in [7, 11) is 0. The van der Waals surface area contributed by atoms with Gasteiger partial charge in [-0.1, -0.05) is 0 Å². The quantitative estimate of drug-likeness (QED) is 0.416. The van der Waals surface area contributed by atoms with Gasteiger partial charge in [0.2, 0.25) is 5.95 Å². The summed E-state index contributed by atoms with van der Waals surface area (Å²) in [5, 5.41) is 16.0. The number of furan rings is 1. The van der Waals surface area contributed by atoms with E-state index in [2.05, 4.69) is 20.6 Å². The Balaban J connectivity index is 1.49. The van der Waals surface area contributed by atoms with Crippen molar-refractivity contribution in [1.82, 2.24) is 15.3 Å². The lowest BCUT2D eigenvalue weighted by Crippen LogP contribution is -2.40. The van der Waals surface area contributed by atoms with Crippen LogP contribution in [0.5, 0.6) is 0 Å². The van der Waals surface area contributed by atoms with Gasteiger partial charge in [0.25, 0.3) is 0 Å². The van der Waals surface area contributed by atoms with Gasteiger partial charge in [-0.25, -0.2) is 23.5 Å². The first kappa shape index (κ1) is 22.7. The van der Waals surface area contributed by atoms with Crippen molar-refractivity contribution in [3.8, 4) is 0 Å². The first-order chi connectivity index (χ1) is 15.5. The molecule has 0 radical (unpaired) electrons. The zero-order valence-corrected chi connectivity index (χ0v) is 17.0. The van der Waals surface area contributed by atoms with Crippen molar-refractivity contribution >= 4 is 28.6 Å². The fraction of sp³-hybridized carbons (Fsp3) is 0.350. The van der Waals surface area contributed by atoms with Crippen molar-refractivity contribution in [3.05, 3.63) is 47.5 Å². The predicted molar refractivity (Wildman–Crippen MR) is 107 cm³/mol. The van der Waals surface area contributed by atoms with Crippen molar-refractivity contribution in [2.45, 2.75) is 44.1 Å². The summed E-state index contributed by atoms with van der Waals surface area (Å²) in [6, 6.07) is -2.51. The molecule has 0 unspecified atom stereocenters. The fourth-order valence-electron chi connectivity index (χ4n) is 3.49. The number of benzene rings is 1. The molecule has 4 N–H and O–H groups in total. The van der Waals surface area contributed by atoms with E-state index in [9.17, 15) is 31.9 Å². The number of hydrogen-bond acceptors (Lipinski definition) is 6. The van der Waals surface area contributed by atoms with Gasteiger partial charge >= 0.3 is 12.2 Å². The SMILES string of the molecule is Cc1c([C@H](NC(=O)Nc2cnc(NC3CC(O)C3)nc2)C(F)(F)F)oc2c(F)cc(F)cc12. The number of alkyl halides is 3. The number of carbonyl (C=O) groups excluding carboxylic acids is 1. The second-order valence-corrected chi connectivity index (χ2v) is 7.69. The molecule has 0 aliphatic heterocycles. The molecule has 33 heavy (non-hydrogen) atoms. The van der Waals surface area contributed by atoms with Crippen LogP contribution in [0, 0.1) is 18.6 Å². The highest BCUT2D eigenvalue weighted by molar-refractivity contribution is 5.89. The minimum atomic E-state index is -5.00. The van der Waals surface area contributed by atoms with Gasteiger partial charge < -0.3 is 25.5 Å². The molecule has 0 bridgehead atoms. The lowest BCUT2D eigenvalue weighted by atomic mass is 9.90. The first-order valence-electron chi connectivity index (χ1n) is 9.80. The molecule has 2 heterocycles. The van der Waals surface area contributed by atoms with Gasteiger partial charge in [-0.3, -0.25) is 0 Å². The highest BCUT2D eigenvalue weighted by Gasteiger charge is 2.45. The Morgan fingerprint density at radius 2 is 1.88 bits per heavy atom. The largest absolute Gasteiger partial charge is 0.455 e. The van der Waals surface area contributed by atoms with Crippen LogP contribution in [0.3, 0.4) is 0 Å². The molecular formula is C20H18F5N5O3. The number of amides is 2. The summed E-state index contributed by atoms with van der Waals surface area (Å²) in [5.74, 6) is -2.67. The lowest BCUT2D eigenvalue weighted by molar-refractivity contribution is -0.158. The summed E-state index contributed by atoms with van der Waals surface area (Å²) in [6.07, 6.45) is -1.90. The normalized spacial score (nSPS) is 19.1. The molecule has 0 spiro atoms. The van der Waals surface area contributed by atoms with E-state index >= 15 is 0 Å². The molecule has 2 amide bonds. The fourth-order valence-corrected chi connectivity index (χ4v) is 3.49. The van der Waals surface area contributed by atoms with Crippen molar-refractivity contribution in [3.63, 3.8) is 0 Å². The topological polar surface area (TPSA) is 112 Å². The number of nitrogens with one attached hydrogen (secondary N) is 3. The van der Waals surface area contributed by atoms with Crippen molar-refractivity contribution < 1.29 is 36.3 Å². The van der Waals surface area contributed by atoms with Gasteiger partial charge in [0.05, 0.1) is 24.2 Å². The number of nitrogens with zero attached hydrogens (tertiary/aromatic N) is 2. The van der Waals surface area contributed by atoms with Gasteiger partial charge in [0, 0.05) is 23.1 Å². The highest BCUT2D eigenvalue weighted by Crippen LogP contribution is 2.39. The van der Waals surface area contributed by atoms with Gasteiger partial charge in [-0.2, -0.15) is 13.2 Å². The number of aryl methyl sites for hydroxylation is 1. The van der Waals surface area contributed by atoms with Gasteiger partial charge in [-0.05, 0) is 25.8 Å². The Morgan fingerprint density at radius 1 is 1.21 bits per heavy atom. The van der Waals surface area contributed by atoms with E-state index in [0.717, 1.165) is 6.07 Å². The van der Waals surface area contributed by atoms with E-state index < -0.39 is 41.2 Å². The van der Waals surface area contributed by atoms with Crippen LogP contribution in [0.1, 0.15) is 30.2 Å². The zero-order chi connectivity index (χ0) is 23.9. The number of halogens is 5. The number of aliphatic hydroxyl groups excluding tert-OH is 1. The minimum absolute atomic E-state index is 0.0139. The van der Waals surface area contributed by atoms with Gasteiger partial charge in [-0.15, -0.1) is 0 Å². The molecule has 8 nitrogen and oxygen atoms in total. The van der Waals surface area contributed by atoms with E-state index in [0.29, 0.717) is 18.9 Å². The second-order valence-electron chi connectivity index (χ2n) is 7.69. The monoisotopic (exact) mass is 471 g/mol. The molecule has 1 fully saturated rings. The van der Waals surface area contributed by atoms with E-state index in [1.54, 1.807) is 5.32 Å². The van der Waals surface area contributed by atoms with Gasteiger partial charge in [0.15, 0.2) is 17.4 Å². The molecule has 176 valence electrons. The van der Waals surface area contributed by atoms with E-state index in [1.807, 2.05) is 0 Å². The van der Waals surface area contributed by atoms with Crippen LogP contribution in [0.2, 0.25) is 0 Å². The Labute approximate surface area is 183 Å². The Morgan fingerprint density at radius 3 is 2.48 bits per heavy atom. The summed E-state index contributed by atoms with van der Waals surface area (Å²) in [4.78, 5) is 20.2. The third-order valence-corrected chi connectivity index (χ3v) is 5.22. The molecule has 0 saturated heterocycles. The van der Waals surface area contributed by atoms with Crippen molar-refractivity contribution in [2.24, 2.45) is 0 Å². The Hall–Kier alpha value is -3.48. The summed E-state index contributed by atoms with van der Waals surface area (Å²) in [6.45, 7) is 1.21. The third-order valence-electron chi connectivity index (χ3n) is 5.22. The molecule has 1 saturated carbocycles. The van der Waals surface area contributed by atoms with Crippen molar-refractivity contribution in [2.75, 3.05) is 10.6 Å². The van der Waals surface area contributed by atoms with E-state index in [1.165, 1.54) is 19.3 Å². The Kier molecular flexibility index (Phi) is 5.82. The molecule has 1 aliphatic carbocycles. The number of aliphatic hydroxyl groups is 1. The predicted octanol–water partition coefficient (Wildman–Crippen LogP) is 4.17. The smallest absolute Gasteiger partial charge is 0.416 e. The van der Waals surface area contributed by atoms with Gasteiger partial charge in [0.1, 0.15) is 11.6 Å². The average Bonchev–Trinajstić information content (AvgIpc) is 3.02.